The third-order valence-corrected chi connectivity index (χ3v) is 7.67. The van der Waals surface area contributed by atoms with E-state index in [9.17, 15) is 26.7 Å². The molecule has 0 aliphatic carbocycles. The number of halogens is 6. The van der Waals surface area contributed by atoms with E-state index < -0.39 is 29.4 Å². The molecule has 0 atom stereocenters. The zero-order valence-corrected chi connectivity index (χ0v) is 24.3. The van der Waals surface area contributed by atoms with Crippen molar-refractivity contribution in [3.63, 3.8) is 0 Å². The van der Waals surface area contributed by atoms with Gasteiger partial charge < -0.3 is 14.8 Å². The number of anilines is 1. The number of fused-ring (bicyclic) bond motifs is 1. The Morgan fingerprint density at radius 3 is 1.95 bits per heavy atom. The number of rotatable bonds is 7. The van der Waals surface area contributed by atoms with Gasteiger partial charge in [-0.05, 0) is 82.0 Å². The number of benzene rings is 3. The number of hydrogen-bond donors (Lipinski definition) is 1. The Bertz CT molecular complexity index is 1910. The van der Waals surface area contributed by atoms with Crippen LogP contribution in [-0.4, -0.2) is 20.5 Å². The van der Waals surface area contributed by atoms with Crippen LogP contribution in [0.2, 0.25) is 0 Å². The maximum atomic E-state index is 14.0. The van der Waals surface area contributed by atoms with Crippen molar-refractivity contribution in [3.05, 3.63) is 118 Å². The standard InChI is InChI=1S/C30H16BrF5N4O3S/c31-26-27(39-40-25(30(34,35)36)15-23(38-28(26)40)24-2-1-11-44-24)29(41)37-18-12-21(42-19-7-3-16(32)4-8-19)14-22(13-18)43-20-9-5-17(33)6-10-20/h1-15H,(H,37,41). The quantitative estimate of drug-likeness (QED) is 0.169. The Morgan fingerprint density at radius 2 is 1.43 bits per heavy atom. The maximum Gasteiger partial charge on any atom is 0.433 e. The van der Waals surface area contributed by atoms with E-state index in [1.54, 1.807) is 17.5 Å². The molecular weight excluding hydrogens is 671 g/mol. The molecule has 6 rings (SSSR count). The van der Waals surface area contributed by atoms with Gasteiger partial charge in [-0.3, -0.25) is 4.79 Å². The van der Waals surface area contributed by atoms with Gasteiger partial charge in [-0.2, -0.15) is 18.3 Å². The number of thiophene rings is 1. The van der Waals surface area contributed by atoms with Crippen LogP contribution >= 0.6 is 27.3 Å². The van der Waals surface area contributed by atoms with Crippen LogP contribution in [0.15, 0.2) is 94.8 Å². The van der Waals surface area contributed by atoms with E-state index in [1.165, 1.54) is 78.1 Å². The number of amides is 1. The zero-order valence-electron chi connectivity index (χ0n) is 21.9. The van der Waals surface area contributed by atoms with Gasteiger partial charge in [0, 0.05) is 23.9 Å². The lowest BCUT2D eigenvalue weighted by Gasteiger charge is -2.13. The fraction of sp³-hybridized carbons (Fsp3) is 0.0333. The Hall–Kier alpha value is -4.82. The molecule has 0 saturated heterocycles. The molecule has 44 heavy (non-hydrogen) atoms. The summed E-state index contributed by atoms with van der Waals surface area (Å²) in [6.07, 6.45) is -4.80. The van der Waals surface area contributed by atoms with Gasteiger partial charge in [-0.15, -0.1) is 11.3 Å². The molecule has 3 aromatic heterocycles. The molecule has 0 radical (unpaired) electrons. The van der Waals surface area contributed by atoms with Crippen molar-refractivity contribution in [2.45, 2.75) is 6.18 Å². The van der Waals surface area contributed by atoms with Crippen LogP contribution in [0, 0.1) is 11.6 Å². The first-order valence-corrected chi connectivity index (χ1v) is 14.2. The Kier molecular flexibility index (Phi) is 7.78. The predicted molar refractivity (Wildman–Crippen MR) is 156 cm³/mol. The van der Waals surface area contributed by atoms with Crippen LogP contribution in [0.1, 0.15) is 16.2 Å². The summed E-state index contributed by atoms with van der Waals surface area (Å²) in [7, 11) is 0. The van der Waals surface area contributed by atoms with Crippen LogP contribution in [-0.2, 0) is 6.18 Å². The summed E-state index contributed by atoms with van der Waals surface area (Å²) in [6.45, 7) is 0. The average molecular weight is 687 g/mol. The number of carbonyl (C=O) groups excluding carboxylic acids is 1. The number of carbonyl (C=O) groups is 1. The molecule has 0 aliphatic heterocycles. The van der Waals surface area contributed by atoms with E-state index in [-0.39, 0.29) is 50.2 Å². The average Bonchev–Trinajstić information content (AvgIpc) is 3.63. The second kappa shape index (κ2) is 11.7. The molecule has 0 aliphatic rings. The summed E-state index contributed by atoms with van der Waals surface area (Å²) in [4.78, 5) is 18.2. The Morgan fingerprint density at radius 1 is 0.841 bits per heavy atom. The number of nitrogens with zero attached hydrogens (tertiary/aromatic N) is 3. The Balaban J connectivity index is 1.37. The summed E-state index contributed by atoms with van der Waals surface area (Å²) < 4.78 is 81.1. The van der Waals surface area contributed by atoms with Crippen molar-refractivity contribution in [1.82, 2.24) is 14.6 Å². The van der Waals surface area contributed by atoms with Gasteiger partial charge in [-0.25, -0.2) is 18.3 Å². The zero-order chi connectivity index (χ0) is 31.0. The third-order valence-electron chi connectivity index (χ3n) is 6.05. The van der Waals surface area contributed by atoms with Gasteiger partial charge >= 0.3 is 6.18 Å². The van der Waals surface area contributed by atoms with Crippen LogP contribution < -0.4 is 14.8 Å². The van der Waals surface area contributed by atoms with Crippen molar-refractivity contribution < 1.29 is 36.2 Å². The third kappa shape index (κ3) is 6.26. The molecule has 0 unspecified atom stereocenters. The second-order valence-electron chi connectivity index (χ2n) is 9.16. The van der Waals surface area contributed by atoms with E-state index in [0.29, 0.717) is 9.39 Å². The van der Waals surface area contributed by atoms with Crippen LogP contribution in [0.25, 0.3) is 16.2 Å². The lowest BCUT2D eigenvalue weighted by Crippen LogP contribution is -2.16. The van der Waals surface area contributed by atoms with Crippen molar-refractivity contribution in [3.8, 4) is 33.6 Å². The minimum Gasteiger partial charge on any atom is -0.457 e. The minimum atomic E-state index is -4.80. The van der Waals surface area contributed by atoms with Gasteiger partial charge in [0.2, 0.25) is 0 Å². The van der Waals surface area contributed by atoms with Gasteiger partial charge in [0.25, 0.3) is 5.91 Å². The SMILES string of the molecule is O=C(Nc1cc(Oc2ccc(F)cc2)cc(Oc2ccc(F)cc2)c1)c1nn2c(C(F)(F)F)cc(-c3cccs3)nc2c1Br. The van der Waals surface area contributed by atoms with E-state index in [2.05, 4.69) is 31.3 Å². The molecule has 0 saturated carbocycles. The molecule has 14 heteroatoms. The highest BCUT2D eigenvalue weighted by Crippen LogP contribution is 2.37. The lowest BCUT2D eigenvalue weighted by atomic mass is 10.2. The predicted octanol–water partition coefficient (Wildman–Crippen LogP) is 9.35. The number of hydrogen-bond acceptors (Lipinski definition) is 6. The molecule has 6 aromatic rings. The van der Waals surface area contributed by atoms with Gasteiger partial charge in [0.1, 0.15) is 34.6 Å². The minimum absolute atomic E-state index is 0.0552. The van der Waals surface area contributed by atoms with E-state index in [1.807, 2.05) is 0 Å². The first kappa shape index (κ1) is 29.3. The smallest absolute Gasteiger partial charge is 0.433 e. The monoisotopic (exact) mass is 686 g/mol. The molecule has 3 aromatic carbocycles. The molecule has 1 amide bonds. The topological polar surface area (TPSA) is 77.8 Å². The van der Waals surface area contributed by atoms with Crippen LogP contribution in [0.3, 0.4) is 0 Å². The molecule has 1 N–H and O–H groups in total. The van der Waals surface area contributed by atoms with Crippen molar-refractivity contribution >= 4 is 44.5 Å². The summed E-state index contributed by atoms with van der Waals surface area (Å²) in [5.41, 5.74) is -1.49. The normalized spacial score (nSPS) is 11.5. The number of nitrogens with one attached hydrogen (secondary N) is 1. The number of alkyl halides is 3. The van der Waals surface area contributed by atoms with Crippen molar-refractivity contribution in [2.75, 3.05) is 5.32 Å². The molecule has 0 spiro atoms. The summed E-state index contributed by atoms with van der Waals surface area (Å²) in [5.74, 6) is -0.912. The number of ether oxygens (including phenoxy) is 2. The largest absolute Gasteiger partial charge is 0.457 e. The van der Waals surface area contributed by atoms with E-state index >= 15 is 0 Å². The second-order valence-corrected chi connectivity index (χ2v) is 10.9. The highest BCUT2D eigenvalue weighted by atomic mass is 79.9. The van der Waals surface area contributed by atoms with Gasteiger partial charge in [0.05, 0.1) is 15.0 Å². The van der Waals surface area contributed by atoms with Crippen molar-refractivity contribution in [2.24, 2.45) is 0 Å². The number of aromatic nitrogens is 3. The summed E-state index contributed by atoms with van der Waals surface area (Å²) in [5, 5.41) is 8.25. The molecular formula is C30H16BrF5N4O3S. The summed E-state index contributed by atoms with van der Waals surface area (Å²) in [6, 6.07) is 18.9. The molecule has 3 heterocycles. The highest BCUT2D eigenvalue weighted by molar-refractivity contribution is 9.10. The molecule has 0 fully saturated rings. The van der Waals surface area contributed by atoms with E-state index in [0.717, 1.165) is 6.07 Å². The van der Waals surface area contributed by atoms with Gasteiger partial charge in [-0.1, -0.05) is 6.07 Å². The highest BCUT2D eigenvalue weighted by Gasteiger charge is 2.36. The molecule has 0 bridgehead atoms. The maximum absolute atomic E-state index is 14.0. The van der Waals surface area contributed by atoms with Crippen LogP contribution in [0.4, 0.5) is 27.6 Å². The molecule has 7 nitrogen and oxygen atoms in total. The first-order valence-electron chi connectivity index (χ1n) is 12.6. The fourth-order valence-electron chi connectivity index (χ4n) is 4.12. The fourth-order valence-corrected chi connectivity index (χ4v) is 5.32. The van der Waals surface area contributed by atoms with Gasteiger partial charge in [0.15, 0.2) is 17.0 Å². The summed E-state index contributed by atoms with van der Waals surface area (Å²) >= 11 is 4.43. The van der Waals surface area contributed by atoms with Crippen molar-refractivity contribution in [1.29, 1.82) is 0 Å². The molecule has 222 valence electrons. The lowest BCUT2D eigenvalue weighted by molar-refractivity contribution is -0.142. The first-order chi connectivity index (χ1) is 21.0. The Labute approximate surface area is 257 Å². The van der Waals surface area contributed by atoms with E-state index in [4.69, 9.17) is 9.47 Å². The van der Waals surface area contributed by atoms with Crippen LogP contribution in [0.5, 0.6) is 23.0 Å².